The first-order chi connectivity index (χ1) is 16.4. The van der Waals surface area contributed by atoms with Crippen LogP contribution in [0.4, 0.5) is 19.0 Å². The van der Waals surface area contributed by atoms with E-state index in [0.717, 1.165) is 38.2 Å². The highest BCUT2D eigenvalue weighted by molar-refractivity contribution is 5.85. The summed E-state index contributed by atoms with van der Waals surface area (Å²) < 4.78 is 44.8. The van der Waals surface area contributed by atoms with Crippen molar-refractivity contribution in [3.05, 3.63) is 23.9 Å². The molecule has 3 aliphatic rings. The van der Waals surface area contributed by atoms with Crippen molar-refractivity contribution in [2.75, 3.05) is 44.3 Å². The van der Waals surface area contributed by atoms with Crippen LogP contribution >= 0.6 is 0 Å². The molecule has 1 aliphatic carbocycles. The number of hydrogen-bond donors (Lipinski definition) is 2. The maximum atomic E-state index is 13.8. The van der Waals surface area contributed by atoms with Gasteiger partial charge in [0.2, 0.25) is 5.91 Å². The van der Waals surface area contributed by atoms with E-state index in [-0.39, 0.29) is 17.8 Å². The summed E-state index contributed by atoms with van der Waals surface area (Å²) in [6.45, 7) is 8.60. The van der Waals surface area contributed by atoms with E-state index in [1.54, 1.807) is 23.6 Å². The lowest BCUT2D eigenvalue weighted by Crippen LogP contribution is -2.59. The molecule has 35 heavy (non-hydrogen) atoms. The van der Waals surface area contributed by atoms with Gasteiger partial charge in [-0.2, -0.15) is 13.2 Å². The van der Waals surface area contributed by atoms with Crippen LogP contribution in [0.2, 0.25) is 0 Å². The third kappa shape index (κ3) is 5.44. The van der Waals surface area contributed by atoms with Crippen molar-refractivity contribution in [3.8, 4) is 0 Å². The Labute approximate surface area is 205 Å². The number of carbonyl (C=O) groups is 1. The Morgan fingerprint density at radius 3 is 2.57 bits per heavy atom. The largest absolute Gasteiger partial charge is 0.416 e. The summed E-state index contributed by atoms with van der Waals surface area (Å²) in [7, 11) is 0. The highest BCUT2D eigenvalue weighted by Crippen LogP contribution is 2.48. The highest BCUT2D eigenvalue weighted by Gasteiger charge is 2.56. The van der Waals surface area contributed by atoms with Crippen LogP contribution in [0.5, 0.6) is 0 Å². The van der Waals surface area contributed by atoms with Crippen LogP contribution in [0.1, 0.15) is 52.0 Å². The Bertz CT molecular complexity index is 899. The smallest absolute Gasteiger partial charge is 0.389 e. The van der Waals surface area contributed by atoms with Crippen molar-refractivity contribution >= 4 is 11.7 Å². The van der Waals surface area contributed by atoms with Gasteiger partial charge in [-0.05, 0) is 57.6 Å². The first-order valence-electron chi connectivity index (χ1n) is 12.5. The number of nitrogens with zero attached hydrogens (tertiary/aromatic N) is 3. The van der Waals surface area contributed by atoms with E-state index in [0.29, 0.717) is 51.0 Å². The second-order valence-corrected chi connectivity index (χ2v) is 10.9. The van der Waals surface area contributed by atoms with Crippen LogP contribution in [0.15, 0.2) is 18.3 Å². The molecule has 7 nitrogen and oxygen atoms in total. The number of pyridine rings is 1. The fourth-order valence-electron chi connectivity index (χ4n) is 5.84. The zero-order valence-electron chi connectivity index (χ0n) is 20.8. The van der Waals surface area contributed by atoms with E-state index >= 15 is 0 Å². The van der Waals surface area contributed by atoms with Crippen molar-refractivity contribution < 1.29 is 27.8 Å². The molecule has 4 atom stereocenters. The summed E-state index contributed by atoms with van der Waals surface area (Å²) in [6, 6.07) is 2.50. The number of anilines is 1. The lowest BCUT2D eigenvalue weighted by atomic mass is 9.70. The molecule has 2 unspecified atom stereocenters. The van der Waals surface area contributed by atoms with Gasteiger partial charge in [0.25, 0.3) is 0 Å². The van der Waals surface area contributed by atoms with Gasteiger partial charge < -0.3 is 25.0 Å². The van der Waals surface area contributed by atoms with E-state index in [2.05, 4.69) is 17.2 Å². The summed E-state index contributed by atoms with van der Waals surface area (Å²) in [6.07, 6.45) is -0.344. The van der Waals surface area contributed by atoms with Crippen molar-refractivity contribution in [2.24, 2.45) is 11.3 Å². The number of amides is 1. The number of rotatable bonds is 5. The average molecular weight is 499 g/mol. The van der Waals surface area contributed by atoms with E-state index < -0.39 is 22.8 Å². The number of carbonyl (C=O) groups excluding carboxylic acids is 1. The van der Waals surface area contributed by atoms with Gasteiger partial charge in [-0.3, -0.25) is 4.79 Å². The minimum atomic E-state index is -4.43. The molecular formula is C25H37F3N4O3. The van der Waals surface area contributed by atoms with Crippen LogP contribution in [0.3, 0.4) is 0 Å². The van der Waals surface area contributed by atoms with Gasteiger partial charge in [-0.15, -0.1) is 0 Å². The van der Waals surface area contributed by atoms with Gasteiger partial charge in [0.1, 0.15) is 5.82 Å². The summed E-state index contributed by atoms with van der Waals surface area (Å²) >= 11 is 0. The van der Waals surface area contributed by atoms with E-state index in [9.17, 15) is 23.1 Å². The minimum absolute atomic E-state index is 0.0639. The van der Waals surface area contributed by atoms with Crippen molar-refractivity contribution in [1.82, 2.24) is 15.2 Å². The van der Waals surface area contributed by atoms with E-state index in [4.69, 9.17) is 4.74 Å². The quantitative estimate of drug-likeness (QED) is 0.650. The van der Waals surface area contributed by atoms with Gasteiger partial charge >= 0.3 is 6.18 Å². The molecule has 1 amide bonds. The Morgan fingerprint density at radius 2 is 1.94 bits per heavy atom. The van der Waals surface area contributed by atoms with Gasteiger partial charge in [-0.25, -0.2) is 4.98 Å². The first kappa shape index (κ1) is 26.2. The predicted molar refractivity (Wildman–Crippen MR) is 126 cm³/mol. The van der Waals surface area contributed by atoms with Crippen LogP contribution in [0.25, 0.3) is 0 Å². The second kappa shape index (κ2) is 9.86. The molecule has 0 spiro atoms. The Kier molecular flexibility index (Phi) is 7.37. The second-order valence-electron chi connectivity index (χ2n) is 10.9. The number of piperazine rings is 1. The minimum Gasteiger partial charge on any atom is -0.389 e. The lowest BCUT2D eigenvalue weighted by Gasteiger charge is -2.45. The molecule has 0 aromatic carbocycles. The molecule has 3 fully saturated rings. The summed E-state index contributed by atoms with van der Waals surface area (Å²) in [4.78, 5) is 21.5. The fourth-order valence-corrected chi connectivity index (χ4v) is 5.84. The predicted octanol–water partition coefficient (Wildman–Crippen LogP) is 3.07. The van der Waals surface area contributed by atoms with Crippen LogP contribution in [0, 0.1) is 11.3 Å². The number of halogens is 3. The van der Waals surface area contributed by atoms with Gasteiger partial charge in [0.05, 0.1) is 23.2 Å². The molecule has 0 bridgehead atoms. The molecule has 4 rings (SSSR count). The molecule has 196 valence electrons. The van der Waals surface area contributed by atoms with Crippen LogP contribution in [-0.2, 0) is 15.7 Å². The molecule has 3 heterocycles. The number of aliphatic hydroxyl groups is 1. The Morgan fingerprint density at radius 1 is 1.23 bits per heavy atom. The summed E-state index contributed by atoms with van der Waals surface area (Å²) in [5.41, 5.74) is -2.82. The van der Waals surface area contributed by atoms with Gasteiger partial charge in [0, 0.05) is 51.1 Å². The number of alkyl halides is 3. The zero-order valence-corrected chi connectivity index (χ0v) is 20.8. The molecule has 1 saturated carbocycles. The zero-order chi connectivity index (χ0) is 25.4. The molecule has 10 heteroatoms. The third-order valence-electron chi connectivity index (χ3n) is 8.15. The standard InChI is InChI=1S/C25H37F3N4O3/c1-17-16-35-13-6-20(17)30-19-4-7-24(15-19,23(2,3)34)22(33)32-11-9-31(10-12-32)21-14-18(5-8-29-21)25(26,27)28/h5,8,14,17,19-20,30,34H,4,6-7,9-13,15-16H2,1-3H3/t17?,19-,20?,24-/m1/s1. The first-order valence-corrected chi connectivity index (χ1v) is 12.5. The number of ether oxygens (including phenoxy) is 1. The van der Waals surface area contributed by atoms with Crippen molar-refractivity contribution in [1.29, 1.82) is 0 Å². The molecule has 0 radical (unpaired) electrons. The molecule has 1 aromatic heterocycles. The molecule has 2 N–H and O–H groups in total. The topological polar surface area (TPSA) is 77.9 Å². The molecule has 2 aliphatic heterocycles. The molecular weight excluding hydrogens is 461 g/mol. The summed E-state index contributed by atoms with van der Waals surface area (Å²) in [5.74, 6) is 0.597. The van der Waals surface area contributed by atoms with E-state index in [1.165, 1.54) is 6.20 Å². The maximum absolute atomic E-state index is 13.8. The fraction of sp³-hybridized carbons (Fsp3) is 0.760. The van der Waals surface area contributed by atoms with Crippen LogP contribution < -0.4 is 10.2 Å². The molecule has 2 saturated heterocycles. The number of nitrogens with one attached hydrogen (secondary N) is 1. The van der Waals surface area contributed by atoms with Gasteiger partial charge in [0.15, 0.2) is 0 Å². The normalized spacial score (nSPS) is 30.5. The van der Waals surface area contributed by atoms with Gasteiger partial charge in [-0.1, -0.05) is 6.92 Å². The number of hydrogen-bond acceptors (Lipinski definition) is 6. The average Bonchev–Trinajstić information content (AvgIpc) is 3.25. The Hall–Kier alpha value is -1.91. The maximum Gasteiger partial charge on any atom is 0.416 e. The van der Waals surface area contributed by atoms with Crippen molar-refractivity contribution in [2.45, 2.75) is 70.3 Å². The van der Waals surface area contributed by atoms with E-state index in [1.807, 2.05) is 0 Å². The molecule has 1 aromatic rings. The number of aromatic nitrogens is 1. The lowest BCUT2D eigenvalue weighted by molar-refractivity contribution is -0.158. The highest BCUT2D eigenvalue weighted by atomic mass is 19.4. The van der Waals surface area contributed by atoms with Crippen LogP contribution in [-0.4, -0.2) is 78.0 Å². The SMILES string of the molecule is CC1COCCC1N[C@@H]1CC[C@@](C(=O)N2CCN(c3cc(C(F)(F)F)ccn3)CC2)(C(C)(C)O)C1. The summed E-state index contributed by atoms with van der Waals surface area (Å²) in [5, 5.41) is 14.9. The van der Waals surface area contributed by atoms with Crippen molar-refractivity contribution in [3.63, 3.8) is 0 Å². The Balaban J connectivity index is 1.42. The third-order valence-corrected chi connectivity index (χ3v) is 8.15. The monoisotopic (exact) mass is 498 g/mol.